The Hall–Kier alpha value is -2.47. The minimum atomic E-state index is -0.549. The fourth-order valence-corrected chi connectivity index (χ4v) is 2.48. The van der Waals surface area contributed by atoms with Crippen LogP contribution in [0, 0.1) is 12.7 Å². The third kappa shape index (κ3) is 4.04. The zero-order chi connectivity index (χ0) is 17.0. The Balaban J connectivity index is 2.34. The molecular weight excluding hydrogens is 313 g/mol. The van der Waals surface area contributed by atoms with Gasteiger partial charge >= 0.3 is 0 Å². The van der Waals surface area contributed by atoms with E-state index in [1.165, 1.54) is 12.1 Å². The second-order valence-electron chi connectivity index (χ2n) is 5.10. The number of rotatable bonds is 4. The Morgan fingerprint density at radius 1 is 1.26 bits per heavy atom. The Labute approximate surface area is 139 Å². The zero-order valence-electron chi connectivity index (χ0n) is 12.9. The van der Waals surface area contributed by atoms with E-state index in [4.69, 9.17) is 18.0 Å². The number of hydrogen-bond acceptors (Lipinski definition) is 2. The molecular formula is C17H18FN3OS. The van der Waals surface area contributed by atoms with Crippen LogP contribution in [0.5, 0.6) is 0 Å². The third-order valence-corrected chi connectivity index (χ3v) is 3.52. The summed E-state index contributed by atoms with van der Waals surface area (Å²) < 4.78 is 13.7. The van der Waals surface area contributed by atoms with Crippen molar-refractivity contribution in [2.24, 2.45) is 5.73 Å². The quantitative estimate of drug-likeness (QED) is 0.749. The van der Waals surface area contributed by atoms with Gasteiger partial charge in [0, 0.05) is 11.4 Å². The fourth-order valence-electron chi connectivity index (χ4n) is 2.36. The summed E-state index contributed by atoms with van der Waals surface area (Å²) in [7, 11) is 0. The predicted octanol–water partition coefficient (Wildman–Crippen LogP) is 3.60. The maximum Gasteiger partial charge on any atom is 0.258 e. The number of halogens is 1. The maximum absolute atomic E-state index is 13.7. The van der Waals surface area contributed by atoms with Gasteiger partial charge in [0.2, 0.25) is 0 Å². The normalized spacial score (nSPS) is 10.2. The van der Waals surface area contributed by atoms with Crippen LogP contribution in [0.4, 0.5) is 15.8 Å². The van der Waals surface area contributed by atoms with Gasteiger partial charge in [-0.15, -0.1) is 0 Å². The summed E-state index contributed by atoms with van der Waals surface area (Å²) in [6.45, 7) is 3.83. The molecule has 6 heteroatoms. The highest BCUT2D eigenvalue weighted by atomic mass is 32.1. The van der Waals surface area contributed by atoms with Crippen molar-refractivity contribution in [3.05, 3.63) is 58.9 Å². The van der Waals surface area contributed by atoms with Gasteiger partial charge in [0.05, 0.1) is 5.56 Å². The Morgan fingerprint density at radius 3 is 2.57 bits per heavy atom. The highest BCUT2D eigenvalue weighted by Gasteiger charge is 2.15. The van der Waals surface area contributed by atoms with Gasteiger partial charge in [0.25, 0.3) is 5.91 Å². The van der Waals surface area contributed by atoms with E-state index in [0.29, 0.717) is 12.1 Å². The number of hydrogen-bond donors (Lipinski definition) is 3. The number of carbonyl (C=O) groups excluding carboxylic acids is 1. The van der Waals surface area contributed by atoms with Gasteiger partial charge in [0.15, 0.2) is 5.11 Å². The molecule has 0 spiro atoms. The molecule has 2 aromatic carbocycles. The average molecular weight is 331 g/mol. The van der Waals surface area contributed by atoms with Crippen molar-refractivity contribution in [2.45, 2.75) is 20.3 Å². The van der Waals surface area contributed by atoms with Crippen molar-refractivity contribution < 1.29 is 9.18 Å². The summed E-state index contributed by atoms with van der Waals surface area (Å²) in [5.41, 5.74) is 8.69. The zero-order valence-corrected chi connectivity index (χ0v) is 13.8. The third-order valence-electron chi connectivity index (χ3n) is 3.42. The number of benzene rings is 2. The van der Waals surface area contributed by atoms with E-state index < -0.39 is 11.7 Å². The van der Waals surface area contributed by atoms with E-state index >= 15 is 0 Å². The van der Waals surface area contributed by atoms with Gasteiger partial charge < -0.3 is 16.4 Å². The first-order valence-electron chi connectivity index (χ1n) is 7.18. The number of nitrogens with one attached hydrogen (secondary N) is 2. The second-order valence-corrected chi connectivity index (χ2v) is 5.54. The first-order valence-corrected chi connectivity index (χ1v) is 7.59. The molecule has 120 valence electrons. The van der Waals surface area contributed by atoms with Crippen molar-refractivity contribution >= 4 is 34.6 Å². The second kappa shape index (κ2) is 7.19. The number of nitrogens with two attached hydrogens (primary N) is 1. The van der Waals surface area contributed by atoms with Gasteiger partial charge in [-0.2, -0.15) is 0 Å². The van der Waals surface area contributed by atoms with Crippen LogP contribution in [0.15, 0.2) is 36.4 Å². The van der Waals surface area contributed by atoms with Crippen LogP contribution in [0.1, 0.15) is 28.4 Å². The smallest absolute Gasteiger partial charge is 0.258 e. The lowest BCUT2D eigenvalue weighted by Crippen LogP contribution is -2.20. The van der Waals surface area contributed by atoms with Gasteiger partial charge in [-0.1, -0.05) is 19.1 Å². The molecule has 0 saturated heterocycles. The highest BCUT2D eigenvalue weighted by molar-refractivity contribution is 7.80. The number of anilines is 2. The van der Waals surface area contributed by atoms with Crippen molar-refractivity contribution in [3.63, 3.8) is 0 Å². The maximum atomic E-state index is 13.7. The standard InChI is InChI=1S/C17H18FN3OS/c1-3-11-9-12(20-17(19)23)8-10(2)15(11)21-16(22)13-6-4-5-7-14(13)18/h4-9H,3H2,1-2H3,(H,21,22)(H3,19,20,23). The number of carbonyl (C=O) groups is 1. The summed E-state index contributed by atoms with van der Waals surface area (Å²) in [6, 6.07) is 9.58. The van der Waals surface area contributed by atoms with E-state index in [2.05, 4.69) is 10.6 Å². The van der Waals surface area contributed by atoms with Gasteiger partial charge in [-0.05, 0) is 61.0 Å². The van der Waals surface area contributed by atoms with E-state index in [1.807, 2.05) is 26.0 Å². The van der Waals surface area contributed by atoms with Crippen LogP contribution in [0.25, 0.3) is 0 Å². The number of aryl methyl sites for hydroxylation is 2. The molecule has 1 amide bonds. The van der Waals surface area contributed by atoms with Crippen molar-refractivity contribution in [2.75, 3.05) is 10.6 Å². The summed E-state index contributed by atoms with van der Waals surface area (Å²) in [5.74, 6) is -1.02. The number of amides is 1. The minimum absolute atomic E-state index is 0.0132. The molecule has 0 radical (unpaired) electrons. The van der Waals surface area contributed by atoms with Crippen LogP contribution in [0.2, 0.25) is 0 Å². The van der Waals surface area contributed by atoms with Crippen LogP contribution < -0.4 is 16.4 Å². The average Bonchev–Trinajstić information content (AvgIpc) is 2.49. The summed E-state index contributed by atoms with van der Waals surface area (Å²) in [4.78, 5) is 12.3. The molecule has 0 atom stereocenters. The fraction of sp³-hybridized carbons (Fsp3) is 0.176. The lowest BCUT2D eigenvalue weighted by atomic mass is 10.0. The van der Waals surface area contributed by atoms with Crippen molar-refractivity contribution in [1.82, 2.24) is 0 Å². The Bertz CT molecular complexity index is 761. The Morgan fingerprint density at radius 2 is 1.96 bits per heavy atom. The minimum Gasteiger partial charge on any atom is -0.376 e. The van der Waals surface area contributed by atoms with Crippen molar-refractivity contribution in [1.29, 1.82) is 0 Å². The lowest BCUT2D eigenvalue weighted by Gasteiger charge is -2.16. The van der Waals surface area contributed by atoms with Gasteiger partial charge in [-0.25, -0.2) is 4.39 Å². The molecule has 4 nitrogen and oxygen atoms in total. The molecule has 0 bridgehead atoms. The molecule has 2 rings (SSSR count). The van der Waals surface area contributed by atoms with Crippen LogP contribution >= 0.6 is 12.2 Å². The van der Waals surface area contributed by atoms with Crippen LogP contribution in [0.3, 0.4) is 0 Å². The molecule has 2 aromatic rings. The summed E-state index contributed by atoms with van der Waals surface area (Å²) in [6.07, 6.45) is 0.695. The van der Waals surface area contributed by atoms with Gasteiger partial charge in [0.1, 0.15) is 5.82 Å². The van der Waals surface area contributed by atoms with Crippen LogP contribution in [-0.2, 0) is 6.42 Å². The van der Waals surface area contributed by atoms with E-state index in [1.54, 1.807) is 12.1 Å². The van der Waals surface area contributed by atoms with Gasteiger partial charge in [-0.3, -0.25) is 4.79 Å². The first kappa shape index (κ1) is 16.9. The summed E-state index contributed by atoms with van der Waals surface area (Å²) in [5, 5.41) is 5.85. The highest BCUT2D eigenvalue weighted by Crippen LogP contribution is 2.27. The molecule has 0 aromatic heterocycles. The molecule has 0 aliphatic heterocycles. The molecule has 0 aliphatic rings. The molecule has 23 heavy (non-hydrogen) atoms. The SMILES string of the molecule is CCc1cc(NC(N)=S)cc(C)c1NC(=O)c1ccccc1F. The molecule has 0 saturated carbocycles. The molecule has 4 N–H and O–H groups in total. The van der Waals surface area contributed by atoms with Crippen molar-refractivity contribution in [3.8, 4) is 0 Å². The lowest BCUT2D eigenvalue weighted by molar-refractivity contribution is 0.102. The summed E-state index contributed by atoms with van der Waals surface area (Å²) >= 11 is 4.84. The molecule has 0 heterocycles. The molecule has 0 aliphatic carbocycles. The predicted molar refractivity (Wildman–Crippen MR) is 95.3 cm³/mol. The van der Waals surface area contributed by atoms with E-state index in [-0.39, 0.29) is 10.7 Å². The number of thiocarbonyl (C=S) groups is 1. The first-order chi connectivity index (χ1) is 10.9. The van der Waals surface area contributed by atoms with E-state index in [0.717, 1.165) is 16.8 Å². The van der Waals surface area contributed by atoms with E-state index in [9.17, 15) is 9.18 Å². The Kier molecular flexibility index (Phi) is 5.28. The van der Waals surface area contributed by atoms with Crippen LogP contribution in [-0.4, -0.2) is 11.0 Å². The largest absolute Gasteiger partial charge is 0.376 e. The molecule has 0 fully saturated rings. The monoisotopic (exact) mass is 331 g/mol. The molecule has 0 unspecified atom stereocenters. The topological polar surface area (TPSA) is 67.2 Å².